The van der Waals surface area contributed by atoms with Crippen molar-refractivity contribution in [2.24, 2.45) is 0 Å². The Balaban J connectivity index is 2.59. The van der Waals surface area contributed by atoms with Gasteiger partial charge in [0, 0.05) is 25.0 Å². The largest absolute Gasteiger partial charge is 0.384 e. The maximum atomic E-state index is 5.12. The lowest BCUT2D eigenvalue weighted by molar-refractivity contribution is 0.202. The molecule has 0 spiro atoms. The number of rotatable bonds is 9. The summed E-state index contributed by atoms with van der Waals surface area (Å²) in [5.74, 6) is 0.500. The van der Waals surface area contributed by atoms with Gasteiger partial charge in [-0.2, -0.15) is 0 Å². The number of methoxy groups -OCH3 is 1. The Hall–Kier alpha value is -0.450. The Labute approximate surface area is 115 Å². The lowest BCUT2D eigenvalue weighted by Gasteiger charge is -2.06. The predicted molar refractivity (Wildman–Crippen MR) is 78.4 cm³/mol. The van der Waals surface area contributed by atoms with Crippen LogP contribution in [0, 0.1) is 0 Å². The van der Waals surface area contributed by atoms with Gasteiger partial charge < -0.3 is 10.1 Å². The SMILES string of the molecule is CCCCNCc1sc(CCOC)nc1C(C)C. The van der Waals surface area contributed by atoms with E-state index < -0.39 is 0 Å². The molecule has 0 unspecified atom stereocenters. The lowest BCUT2D eigenvalue weighted by Crippen LogP contribution is -2.14. The summed E-state index contributed by atoms with van der Waals surface area (Å²) in [5, 5.41) is 4.71. The molecule has 0 fully saturated rings. The normalized spacial score (nSPS) is 11.4. The second kappa shape index (κ2) is 8.62. The average Bonchev–Trinajstić information content (AvgIpc) is 2.75. The van der Waals surface area contributed by atoms with Crippen molar-refractivity contribution in [1.29, 1.82) is 0 Å². The van der Waals surface area contributed by atoms with Crippen LogP contribution >= 0.6 is 11.3 Å². The van der Waals surface area contributed by atoms with Crippen LogP contribution in [0.2, 0.25) is 0 Å². The minimum Gasteiger partial charge on any atom is -0.384 e. The van der Waals surface area contributed by atoms with E-state index in [2.05, 4.69) is 26.1 Å². The van der Waals surface area contributed by atoms with Crippen molar-refractivity contribution in [2.75, 3.05) is 20.3 Å². The third-order valence-corrected chi connectivity index (χ3v) is 3.96. The van der Waals surface area contributed by atoms with Crippen LogP contribution in [-0.2, 0) is 17.7 Å². The molecule has 104 valence electrons. The van der Waals surface area contributed by atoms with Crippen LogP contribution in [0.25, 0.3) is 0 Å². The third kappa shape index (κ3) is 5.04. The van der Waals surface area contributed by atoms with E-state index in [0.717, 1.165) is 26.1 Å². The fourth-order valence-corrected chi connectivity index (χ4v) is 2.97. The molecule has 3 nitrogen and oxygen atoms in total. The number of nitrogens with one attached hydrogen (secondary N) is 1. The number of nitrogens with zero attached hydrogens (tertiary/aromatic N) is 1. The summed E-state index contributed by atoms with van der Waals surface area (Å²) in [6, 6.07) is 0. The maximum Gasteiger partial charge on any atom is 0.0954 e. The second-order valence-corrected chi connectivity index (χ2v) is 6.01. The number of aromatic nitrogens is 1. The molecular weight excluding hydrogens is 244 g/mol. The first kappa shape index (κ1) is 15.6. The molecule has 1 aromatic heterocycles. The third-order valence-electron chi connectivity index (χ3n) is 2.83. The second-order valence-electron chi connectivity index (χ2n) is 4.84. The highest BCUT2D eigenvalue weighted by atomic mass is 32.1. The molecule has 0 aromatic carbocycles. The molecule has 0 atom stereocenters. The molecule has 0 aliphatic carbocycles. The Bertz CT molecular complexity index is 337. The summed E-state index contributed by atoms with van der Waals surface area (Å²) in [6.45, 7) is 9.46. The van der Waals surface area contributed by atoms with Gasteiger partial charge in [0.1, 0.15) is 0 Å². The van der Waals surface area contributed by atoms with Gasteiger partial charge in [-0.25, -0.2) is 4.98 Å². The molecule has 4 heteroatoms. The first-order valence-corrected chi connectivity index (χ1v) is 7.68. The Morgan fingerprint density at radius 2 is 2.17 bits per heavy atom. The van der Waals surface area contributed by atoms with Gasteiger partial charge in [-0.1, -0.05) is 27.2 Å². The van der Waals surface area contributed by atoms with Crippen molar-refractivity contribution in [2.45, 2.75) is 52.5 Å². The smallest absolute Gasteiger partial charge is 0.0954 e. The highest BCUT2D eigenvalue weighted by Gasteiger charge is 2.13. The molecule has 18 heavy (non-hydrogen) atoms. The van der Waals surface area contributed by atoms with Gasteiger partial charge in [-0.05, 0) is 18.9 Å². The molecule has 0 aliphatic rings. The summed E-state index contributed by atoms with van der Waals surface area (Å²) in [6.07, 6.45) is 3.41. The average molecular weight is 270 g/mol. The summed E-state index contributed by atoms with van der Waals surface area (Å²) in [7, 11) is 1.74. The van der Waals surface area contributed by atoms with Crippen molar-refractivity contribution in [3.8, 4) is 0 Å². The summed E-state index contributed by atoms with van der Waals surface area (Å²) in [5.41, 5.74) is 1.26. The molecule has 0 amide bonds. The molecule has 1 N–H and O–H groups in total. The van der Waals surface area contributed by atoms with Crippen molar-refractivity contribution in [3.05, 3.63) is 15.6 Å². The van der Waals surface area contributed by atoms with E-state index >= 15 is 0 Å². The molecule has 0 bridgehead atoms. The van der Waals surface area contributed by atoms with Gasteiger partial charge in [0.2, 0.25) is 0 Å². The van der Waals surface area contributed by atoms with E-state index in [4.69, 9.17) is 9.72 Å². The standard InChI is InChI=1S/C14H26N2OS/c1-5-6-8-15-10-12-14(11(2)3)16-13(18-12)7-9-17-4/h11,15H,5-10H2,1-4H3. The number of thiazole rings is 1. The molecule has 0 radical (unpaired) electrons. The zero-order chi connectivity index (χ0) is 13.4. The fraction of sp³-hybridized carbons (Fsp3) is 0.786. The zero-order valence-electron chi connectivity index (χ0n) is 12.1. The monoisotopic (exact) mass is 270 g/mol. The molecule has 1 heterocycles. The van der Waals surface area contributed by atoms with E-state index in [1.807, 2.05) is 11.3 Å². The van der Waals surface area contributed by atoms with Gasteiger partial charge in [0.05, 0.1) is 17.3 Å². The topological polar surface area (TPSA) is 34.1 Å². The van der Waals surface area contributed by atoms with Crippen molar-refractivity contribution in [3.63, 3.8) is 0 Å². The summed E-state index contributed by atoms with van der Waals surface area (Å²) >= 11 is 1.83. The number of hydrogen-bond acceptors (Lipinski definition) is 4. The zero-order valence-corrected chi connectivity index (χ0v) is 12.9. The van der Waals surface area contributed by atoms with E-state index in [-0.39, 0.29) is 0 Å². The van der Waals surface area contributed by atoms with Crippen LogP contribution in [0.5, 0.6) is 0 Å². The predicted octanol–water partition coefficient (Wildman–Crippen LogP) is 3.35. The van der Waals surface area contributed by atoms with E-state index in [1.165, 1.54) is 28.4 Å². The minimum absolute atomic E-state index is 0.500. The summed E-state index contributed by atoms with van der Waals surface area (Å²) in [4.78, 5) is 6.14. The van der Waals surface area contributed by atoms with Gasteiger partial charge in [-0.3, -0.25) is 0 Å². The molecular formula is C14H26N2OS. The van der Waals surface area contributed by atoms with Gasteiger partial charge >= 0.3 is 0 Å². The molecule has 0 saturated heterocycles. The molecule has 1 rings (SSSR count). The first-order valence-electron chi connectivity index (χ1n) is 6.87. The quantitative estimate of drug-likeness (QED) is 0.699. The van der Waals surface area contributed by atoms with E-state index in [9.17, 15) is 0 Å². The highest BCUT2D eigenvalue weighted by molar-refractivity contribution is 7.11. The van der Waals surface area contributed by atoms with Crippen LogP contribution < -0.4 is 5.32 Å². The Morgan fingerprint density at radius 1 is 1.39 bits per heavy atom. The molecule has 0 saturated carbocycles. The maximum absolute atomic E-state index is 5.12. The molecule has 1 aromatic rings. The van der Waals surface area contributed by atoms with Gasteiger partial charge in [0.15, 0.2) is 0 Å². The minimum atomic E-state index is 0.500. The van der Waals surface area contributed by atoms with Crippen LogP contribution in [0.4, 0.5) is 0 Å². The van der Waals surface area contributed by atoms with Gasteiger partial charge in [0.25, 0.3) is 0 Å². The van der Waals surface area contributed by atoms with Crippen LogP contribution in [0.1, 0.15) is 55.1 Å². The Morgan fingerprint density at radius 3 is 2.78 bits per heavy atom. The van der Waals surface area contributed by atoms with Crippen LogP contribution in [0.15, 0.2) is 0 Å². The number of hydrogen-bond donors (Lipinski definition) is 1. The Kier molecular flexibility index (Phi) is 7.47. The van der Waals surface area contributed by atoms with Crippen molar-refractivity contribution >= 4 is 11.3 Å². The van der Waals surface area contributed by atoms with Crippen molar-refractivity contribution in [1.82, 2.24) is 10.3 Å². The van der Waals surface area contributed by atoms with Gasteiger partial charge in [-0.15, -0.1) is 11.3 Å². The fourth-order valence-electron chi connectivity index (χ4n) is 1.79. The van der Waals surface area contributed by atoms with Crippen LogP contribution in [-0.4, -0.2) is 25.2 Å². The van der Waals surface area contributed by atoms with Crippen LogP contribution in [0.3, 0.4) is 0 Å². The number of ether oxygens (including phenoxy) is 1. The van der Waals surface area contributed by atoms with E-state index in [0.29, 0.717) is 5.92 Å². The summed E-state index contributed by atoms with van der Waals surface area (Å²) < 4.78 is 5.12. The lowest BCUT2D eigenvalue weighted by atomic mass is 10.1. The number of unbranched alkanes of at least 4 members (excludes halogenated alkanes) is 1. The van der Waals surface area contributed by atoms with E-state index in [1.54, 1.807) is 7.11 Å². The highest BCUT2D eigenvalue weighted by Crippen LogP contribution is 2.25. The first-order chi connectivity index (χ1) is 8.69. The van der Waals surface area contributed by atoms with Crippen molar-refractivity contribution < 1.29 is 4.74 Å². The molecule has 0 aliphatic heterocycles.